The number of aromatic amines is 1. The Hall–Kier alpha value is -2.03. The third-order valence-corrected chi connectivity index (χ3v) is 5.10. The van der Waals surface area contributed by atoms with Crippen LogP contribution in [0.1, 0.15) is 17.3 Å². The predicted molar refractivity (Wildman–Crippen MR) is 98.9 cm³/mol. The Morgan fingerprint density at radius 3 is 2.52 bits per heavy atom. The lowest BCUT2D eigenvalue weighted by atomic mass is 10.1. The number of carboxylic acid groups (broad SMARTS) is 1. The Balaban J connectivity index is 1.80. The molecule has 0 saturated carbocycles. The van der Waals surface area contributed by atoms with Crippen LogP contribution < -0.4 is 5.56 Å². The molecular weight excluding hydrogens is 340 g/mol. The van der Waals surface area contributed by atoms with Crippen LogP contribution in [-0.4, -0.2) is 69.7 Å². The van der Waals surface area contributed by atoms with Crippen molar-refractivity contribution in [3.63, 3.8) is 0 Å². The Kier molecular flexibility index (Phi) is 5.31. The Labute approximate surface area is 150 Å². The van der Waals surface area contributed by atoms with Crippen LogP contribution in [0.15, 0.2) is 23.0 Å². The maximum Gasteiger partial charge on any atom is 0.335 e. The fraction of sp³-hybridized carbons (Fsp3) is 0.471. The van der Waals surface area contributed by atoms with E-state index in [-0.39, 0.29) is 11.1 Å². The van der Waals surface area contributed by atoms with Gasteiger partial charge in [0.15, 0.2) is 4.77 Å². The fourth-order valence-electron chi connectivity index (χ4n) is 3.16. The number of nitrogens with zero attached hydrogens (tertiary/aromatic N) is 3. The summed E-state index contributed by atoms with van der Waals surface area (Å²) in [4.78, 5) is 31.5. The summed E-state index contributed by atoms with van der Waals surface area (Å²) in [6, 6.07) is 4.43. The standard InChI is InChI=1S/C17H22N4O3S/c1-2-19-5-7-20(8-6-19)9-10-21-15(22)13-4-3-12(16(23)24)11-14(13)18-17(21)25/h3-4,11H,2,5-10H2,1H3,(H,18,25)(H,23,24). The molecule has 1 aromatic heterocycles. The number of H-pyrrole nitrogens is 1. The van der Waals surface area contributed by atoms with Crippen LogP contribution in [0.5, 0.6) is 0 Å². The van der Waals surface area contributed by atoms with E-state index < -0.39 is 5.97 Å². The maximum absolute atomic E-state index is 12.7. The lowest BCUT2D eigenvalue weighted by Gasteiger charge is -2.34. The number of benzene rings is 1. The molecular formula is C17H22N4O3S. The molecule has 25 heavy (non-hydrogen) atoms. The molecule has 8 heteroatoms. The first-order valence-electron chi connectivity index (χ1n) is 8.44. The highest BCUT2D eigenvalue weighted by Crippen LogP contribution is 2.11. The fourth-order valence-corrected chi connectivity index (χ4v) is 3.45. The molecule has 1 fully saturated rings. The molecule has 134 valence electrons. The highest BCUT2D eigenvalue weighted by molar-refractivity contribution is 7.71. The molecule has 7 nitrogen and oxygen atoms in total. The summed E-state index contributed by atoms with van der Waals surface area (Å²) in [7, 11) is 0. The summed E-state index contributed by atoms with van der Waals surface area (Å²) in [5.41, 5.74) is 0.412. The van der Waals surface area contributed by atoms with Gasteiger partial charge in [0.1, 0.15) is 0 Å². The molecule has 1 aromatic carbocycles. The predicted octanol–water partition coefficient (Wildman–Crippen LogP) is 1.39. The molecule has 1 aliphatic heterocycles. The van der Waals surface area contributed by atoms with Gasteiger partial charge in [0.25, 0.3) is 5.56 Å². The van der Waals surface area contributed by atoms with E-state index in [9.17, 15) is 9.59 Å². The summed E-state index contributed by atoms with van der Waals surface area (Å²) in [5, 5.41) is 9.52. The number of aromatic nitrogens is 2. The summed E-state index contributed by atoms with van der Waals surface area (Å²) in [6.45, 7) is 8.62. The molecule has 1 aliphatic rings. The molecule has 0 bridgehead atoms. The molecule has 0 atom stereocenters. The van der Waals surface area contributed by atoms with Gasteiger partial charge < -0.3 is 15.0 Å². The van der Waals surface area contributed by atoms with Gasteiger partial charge in [-0.1, -0.05) is 6.92 Å². The average molecular weight is 362 g/mol. The van der Waals surface area contributed by atoms with E-state index in [4.69, 9.17) is 17.3 Å². The molecule has 2 N–H and O–H groups in total. The number of rotatable bonds is 5. The van der Waals surface area contributed by atoms with E-state index in [0.717, 1.165) is 39.3 Å². The zero-order valence-electron chi connectivity index (χ0n) is 14.2. The molecule has 0 spiro atoms. The number of aromatic carboxylic acids is 1. The number of hydrogen-bond acceptors (Lipinski definition) is 5. The lowest BCUT2D eigenvalue weighted by molar-refractivity contribution is 0.0697. The van der Waals surface area contributed by atoms with Crippen LogP contribution in [0, 0.1) is 4.77 Å². The Morgan fingerprint density at radius 2 is 1.88 bits per heavy atom. The van der Waals surface area contributed by atoms with E-state index in [2.05, 4.69) is 21.7 Å². The maximum atomic E-state index is 12.7. The monoisotopic (exact) mass is 362 g/mol. The zero-order valence-corrected chi connectivity index (χ0v) is 15.0. The van der Waals surface area contributed by atoms with Crippen molar-refractivity contribution < 1.29 is 9.90 Å². The van der Waals surface area contributed by atoms with Gasteiger partial charge in [-0.25, -0.2) is 4.79 Å². The van der Waals surface area contributed by atoms with Crippen LogP contribution >= 0.6 is 12.2 Å². The number of carbonyl (C=O) groups is 1. The molecule has 1 saturated heterocycles. The molecule has 0 radical (unpaired) electrons. The van der Waals surface area contributed by atoms with Gasteiger partial charge in [-0.15, -0.1) is 0 Å². The number of hydrogen-bond donors (Lipinski definition) is 2. The minimum absolute atomic E-state index is 0.129. The second-order valence-electron chi connectivity index (χ2n) is 6.23. The van der Waals surface area contributed by atoms with Crippen molar-refractivity contribution in [2.45, 2.75) is 13.5 Å². The average Bonchev–Trinajstić information content (AvgIpc) is 2.61. The van der Waals surface area contributed by atoms with E-state index in [1.54, 1.807) is 10.6 Å². The minimum atomic E-state index is -1.03. The quantitative estimate of drug-likeness (QED) is 0.783. The van der Waals surface area contributed by atoms with Gasteiger partial charge in [-0.3, -0.25) is 14.3 Å². The van der Waals surface area contributed by atoms with Gasteiger partial charge in [-0.05, 0) is 37.0 Å². The summed E-state index contributed by atoms with van der Waals surface area (Å²) >= 11 is 5.31. The minimum Gasteiger partial charge on any atom is -0.478 e. The summed E-state index contributed by atoms with van der Waals surface area (Å²) < 4.78 is 1.89. The van der Waals surface area contributed by atoms with E-state index in [1.807, 2.05) is 0 Å². The molecule has 2 aromatic rings. The zero-order chi connectivity index (χ0) is 18.0. The number of carboxylic acids is 1. The number of nitrogens with one attached hydrogen (secondary N) is 1. The third-order valence-electron chi connectivity index (χ3n) is 4.78. The van der Waals surface area contributed by atoms with Gasteiger partial charge in [0.05, 0.1) is 16.5 Å². The first kappa shape index (κ1) is 17.8. The van der Waals surface area contributed by atoms with Gasteiger partial charge in [0, 0.05) is 39.3 Å². The number of piperazine rings is 1. The van der Waals surface area contributed by atoms with Crippen LogP contribution in [0.4, 0.5) is 0 Å². The largest absolute Gasteiger partial charge is 0.478 e. The van der Waals surface area contributed by atoms with Crippen LogP contribution in [0.3, 0.4) is 0 Å². The van der Waals surface area contributed by atoms with Gasteiger partial charge in [0.2, 0.25) is 0 Å². The highest BCUT2D eigenvalue weighted by Gasteiger charge is 2.16. The van der Waals surface area contributed by atoms with Crippen molar-refractivity contribution in [3.05, 3.63) is 38.9 Å². The van der Waals surface area contributed by atoms with Crippen molar-refractivity contribution in [1.29, 1.82) is 0 Å². The van der Waals surface area contributed by atoms with Gasteiger partial charge >= 0.3 is 5.97 Å². The van der Waals surface area contributed by atoms with E-state index in [0.29, 0.717) is 22.2 Å². The van der Waals surface area contributed by atoms with Crippen molar-refractivity contribution >= 4 is 29.1 Å². The number of likely N-dealkylation sites (N-methyl/N-ethyl adjacent to an activating group) is 1. The van der Waals surface area contributed by atoms with Crippen molar-refractivity contribution in [2.75, 3.05) is 39.3 Å². The second-order valence-corrected chi connectivity index (χ2v) is 6.62. The third kappa shape index (κ3) is 3.81. The normalized spacial score (nSPS) is 16.4. The molecule has 2 heterocycles. The Bertz CT molecular complexity index is 897. The van der Waals surface area contributed by atoms with Crippen LogP contribution in [-0.2, 0) is 6.54 Å². The molecule has 0 aliphatic carbocycles. The first-order chi connectivity index (χ1) is 12.0. The molecule has 0 amide bonds. The van der Waals surface area contributed by atoms with E-state index in [1.165, 1.54) is 12.1 Å². The second kappa shape index (κ2) is 7.47. The summed E-state index contributed by atoms with van der Waals surface area (Å²) in [6.07, 6.45) is 0. The highest BCUT2D eigenvalue weighted by atomic mass is 32.1. The number of fused-ring (bicyclic) bond motifs is 1. The molecule has 0 unspecified atom stereocenters. The topological polar surface area (TPSA) is 81.6 Å². The van der Waals surface area contributed by atoms with Crippen molar-refractivity contribution in [1.82, 2.24) is 19.4 Å². The first-order valence-corrected chi connectivity index (χ1v) is 8.85. The van der Waals surface area contributed by atoms with Crippen molar-refractivity contribution in [3.8, 4) is 0 Å². The van der Waals surface area contributed by atoms with Gasteiger partial charge in [-0.2, -0.15) is 0 Å². The Morgan fingerprint density at radius 1 is 1.20 bits per heavy atom. The lowest BCUT2D eigenvalue weighted by Crippen LogP contribution is -2.47. The van der Waals surface area contributed by atoms with Crippen LogP contribution in [0.2, 0.25) is 0 Å². The van der Waals surface area contributed by atoms with Crippen LogP contribution in [0.25, 0.3) is 10.9 Å². The SMILES string of the molecule is CCN1CCN(CCn2c(=S)[nH]c3cc(C(=O)O)ccc3c2=O)CC1. The summed E-state index contributed by atoms with van der Waals surface area (Å²) in [5.74, 6) is -1.03. The smallest absolute Gasteiger partial charge is 0.335 e. The molecule has 3 rings (SSSR count). The van der Waals surface area contributed by atoms with E-state index >= 15 is 0 Å². The van der Waals surface area contributed by atoms with Crippen molar-refractivity contribution in [2.24, 2.45) is 0 Å².